The summed E-state index contributed by atoms with van der Waals surface area (Å²) in [6, 6.07) is 22.0. The summed E-state index contributed by atoms with van der Waals surface area (Å²) in [6.07, 6.45) is 0. The van der Waals surface area contributed by atoms with Crippen molar-refractivity contribution in [2.75, 3.05) is 4.72 Å². The van der Waals surface area contributed by atoms with Crippen LogP contribution in [0.2, 0.25) is 0 Å². The first-order valence-corrected chi connectivity index (χ1v) is 9.40. The van der Waals surface area contributed by atoms with Gasteiger partial charge in [-0.3, -0.25) is 9.71 Å². The third kappa shape index (κ3) is 2.83. The van der Waals surface area contributed by atoms with Crippen molar-refractivity contribution >= 4 is 37.4 Å². The Morgan fingerprint density at radius 1 is 0.840 bits per heavy atom. The van der Waals surface area contributed by atoms with Crippen molar-refractivity contribution in [3.8, 4) is 0 Å². The van der Waals surface area contributed by atoms with E-state index in [9.17, 15) is 8.42 Å². The van der Waals surface area contributed by atoms with Gasteiger partial charge in [0.25, 0.3) is 10.0 Å². The summed E-state index contributed by atoms with van der Waals surface area (Å²) in [5, 5.41) is 2.86. The van der Waals surface area contributed by atoms with Gasteiger partial charge in [-0.05, 0) is 30.5 Å². The average molecular weight is 348 g/mol. The molecule has 0 amide bonds. The predicted octanol–water partition coefficient (Wildman–Crippen LogP) is 4.50. The summed E-state index contributed by atoms with van der Waals surface area (Å²) in [5.41, 5.74) is 2.09. The minimum Gasteiger partial charge on any atom is -0.279 e. The van der Waals surface area contributed by atoms with Gasteiger partial charge in [-0.25, -0.2) is 8.42 Å². The van der Waals surface area contributed by atoms with Crippen LogP contribution in [0.15, 0.2) is 77.7 Å². The molecule has 4 rings (SSSR count). The molecule has 0 saturated heterocycles. The van der Waals surface area contributed by atoms with E-state index in [-0.39, 0.29) is 4.90 Å². The van der Waals surface area contributed by atoms with E-state index >= 15 is 0 Å². The summed E-state index contributed by atoms with van der Waals surface area (Å²) in [5.74, 6) is 0. The first kappa shape index (κ1) is 15.6. The van der Waals surface area contributed by atoms with Crippen molar-refractivity contribution in [1.82, 2.24) is 4.98 Å². The fourth-order valence-electron chi connectivity index (χ4n) is 2.98. The molecule has 0 spiro atoms. The van der Waals surface area contributed by atoms with Crippen molar-refractivity contribution in [3.63, 3.8) is 0 Å². The second-order valence-electron chi connectivity index (χ2n) is 5.91. The lowest BCUT2D eigenvalue weighted by molar-refractivity contribution is 0.601. The number of benzene rings is 3. The van der Waals surface area contributed by atoms with E-state index in [0.29, 0.717) is 5.69 Å². The van der Waals surface area contributed by atoms with Crippen molar-refractivity contribution < 1.29 is 8.42 Å². The molecule has 1 aromatic heterocycles. The Hall–Kier alpha value is -2.92. The number of anilines is 1. The van der Waals surface area contributed by atoms with Crippen molar-refractivity contribution in [2.45, 2.75) is 11.8 Å². The standard InChI is InChI=1S/C20H16N2O2S/c1-14-13-19(22-25(23,24)16-8-3-2-4-9-16)18-12-11-15-7-5-6-10-17(15)20(18)21-14/h2-13H,1H3,(H,21,22). The van der Waals surface area contributed by atoms with Gasteiger partial charge in [-0.2, -0.15) is 0 Å². The van der Waals surface area contributed by atoms with Crippen molar-refractivity contribution in [1.29, 1.82) is 0 Å². The SMILES string of the molecule is Cc1cc(NS(=O)(=O)c2ccccc2)c2ccc3ccccc3c2n1. The molecule has 5 heteroatoms. The van der Waals surface area contributed by atoms with Gasteiger partial charge in [-0.15, -0.1) is 0 Å². The molecule has 0 unspecified atom stereocenters. The van der Waals surface area contributed by atoms with E-state index in [0.717, 1.165) is 27.4 Å². The molecule has 0 atom stereocenters. The van der Waals surface area contributed by atoms with Gasteiger partial charge in [-0.1, -0.05) is 54.6 Å². The van der Waals surface area contributed by atoms with Crippen LogP contribution in [-0.2, 0) is 10.0 Å². The molecule has 1 N–H and O–H groups in total. The Labute approximate surface area is 146 Å². The lowest BCUT2D eigenvalue weighted by Gasteiger charge is -2.13. The Kier molecular flexibility index (Phi) is 3.66. The molecular formula is C20H16N2O2S. The Morgan fingerprint density at radius 3 is 2.36 bits per heavy atom. The van der Waals surface area contributed by atoms with Gasteiger partial charge in [0, 0.05) is 16.5 Å². The molecule has 0 saturated carbocycles. The van der Waals surface area contributed by atoms with E-state index < -0.39 is 10.0 Å². The van der Waals surface area contributed by atoms with Gasteiger partial charge >= 0.3 is 0 Å². The van der Waals surface area contributed by atoms with Crippen LogP contribution in [0.5, 0.6) is 0 Å². The third-order valence-corrected chi connectivity index (χ3v) is 5.51. The maximum Gasteiger partial charge on any atom is 0.261 e. The summed E-state index contributed by atoms with van der Waals surface area (Å²) in [4.78, 5) is 4.87. The first-order valence-electron chi connectivity index (χ1n) is 7.91. The topological polar surface area (TPSA) is 59.1 Å². The number of rotatable bonds is 3. The van der Waals surface area contributed by atoms with Gasteiger partial charge in [0.1, 0.15) is 0 Å². The molecule has 0 radical (unpaired) electrons. The zero-order chi connectivity index (χ0) is 17.4. The lowest BCUT2D eigenvalue weighted by atomic mass is 10.0. The first-order chi connectivity index (χ1) is 12.0. The molecule has 25 heavy (non-hydrogen) atoms. The third-order valence-electron chi connectivity index (χ3n) is 4.13. The van der Waals surface area contributed by atoms with Crippen LogP contribution in [0.25, 0.3) is 21.7 Å². The summed E-state index contributed by atoms with van der Waals surface area (Å²) in [7, 11) is -3.65. The fourth-order valence-corrected chi connectivity index (χ4v) is 4.07. The van der Waals surface area contributed by atoms with E-state index in [1.165, 1.54) is 0 Å². The second kappa shape index (κ2) is 5.86. The molecule has 4 aromatic rings. The predicted molar refractivity (Wildman–Crippen MR) is 101 cm³/mol. The number of pyridine rings is 1. The fraction of sp³-hybridized carbons (Fsp3) is 0.0500. The largest absolute Gasteiger partial charge is 0.279 e. The Bertz CT molecular complexity index is 1190. The van der Waals surface area contributed by atoms with Gasteiger partial charge in [0.15, 0.2) is 0 Å². The second-order valence-corrected chi connectivity index (χ2v) is 7.60. The highest BCUT2D eigenvalue weighted by atomic mass is 32.2. The van der Waals surface area contributed by atoms with Crippen LogP contribution in [0, 0.1) is 6.92 Å². The number of sulfonamides is 1. The van der Waals surface area contributed by atoms with Crippen LogP contribution in [-0.4, -0.2) is 13.4 Å². The molecule has 124 valence electrons. The minimum atomic E-state index is -3.65. The van der Waals surface area contributed by atoms with Gasteiger partial charge in [0.2, 0.25) is 0 Å². The Balaban J connectivity index is 1.92. The van der Waals surface area contributed by atoms with E-state index in [1.807, 2.05) is 43.3 Å². The zero-order valence-electron chi connectivity index (χ0n) is 13.6. The molecule has 0 aliphatic carbocycles. The number of aryl methyl sites for hydroxylation is 1. The number of nitrogens with one attached hydrogen (secondary N) is 1. The van der Waals surface area contributed by atoms with E-state index in [4.69, 9.17) is 0 Å². The molecule has 4 nitrogen and oxygen atoms in total. The quantitative estimate of drug-likeness (QED) is 0.555. The van der Waals surface area contributed by atoms with Crippen LogP contribution < -0.4 is 4.72 Å². The molecule has 0 aliphatic rings. The van der Waals surface area contributed by atoms with Crippen molar-refractivity contribution in [3.05, 3.63) is 78.5 Å². The lowest BCUT2D eigenvalue weighted by Crippen LogP contribution is -2.13. The highest BCUT2D eigenvalue weighted by Gasteiger charge is 2.16. The van der Waals surface area contributed by atoms with Crippen molar-refractivity contribution in [2.24, 2.45) is 0 Å². The molecular weight excluding hydrogens is 332 g/mol. The van der Waals surface area contributed by atoms with Crippen LogP contribution in [0.1, 0.15) is 5.69 Å². The number of hydrogen-bond acceptors (Lipinski definition) is 3. The molecule has 0 fully saturated rings. The highest BCUT2D eigenvalue weighted by molar-refractivity contribution is 7.92. The molecule has 1 heterocycles. The summed E-state index contributed by atoms with van der Waals surface area (Å²) < 4.78 is 28.1. The van der Waals surface area contributed by atoms with Gasteiger partial charge < -0.3 is 0 Å². The number of hydrogen-bond donors (Lipinski definition) is 1. The summed E-state index contributed by atoms with van der Waals surface area (Å²) in [6.45, 7) is 1.86. The maximum absolute atomic E-state index is 12.7. The minimum absolute atomic E-state index is 0.235. The number of aromatic nitrogens is 1. The number of nitrogens with zero attached hydrogens (tertiary/aromatic N) is 1. The Morgan fingerprint density at radius 2 is 1.56 bits per heavy atom. The smallest absolute Gasteiger partial charge is 0.261 e. The molecule has 3 aromatic carbocycles. The molecule has 0 bridgehead atoms. The van der Waals surface area contributed by atoms with Crippen LogP contribution in [0.4, 0.5) is 5.69 Å². The summed E-state index contributed by atoms with van der Waals surface area (Å²) >= 11 is 0. The van der Waals surface area contributed by atoms with E-state index in [1.54, 1.807) is 36.4 Å². The normalized spacial score (nSPS) is 11.7. The monoisotopic (exact) mass is 348 g/mol. The number of fused-ring (bicyclic) bond motifs is 3. The maximum atomic E-state index is 12.7. The van der Waals surface area contributed by atoms with Crippen LogP contribution >= 0.6 is 0 Å². The van der Waals surface area contributed by atoms with Gasteiger partial charge in [0.05, 0.1) is 16.1 Å². The van der Waals surface area contributed by atoms with E-state index in [2.05, 4.69) is 9.71 Å². The zero-order valence-corrected chi connectivity index (χ0v) is 14.4. The highest BCUT2D eigenvalue weighted by Crippen LogP contribution is 2.30. The van der Waals surface area contributed by atoms with Crippen LogP contribution in [0.3, 0.4) is 0 Å². The molecule has 0 aliphatic heterocycles. The average Bonchev–Trinajstić information content (AvgIpc) is 2.62.